The summed E-state index contributed by atoms with van der Waals surface area (Å²) >= 11 is 0. The van der Waals surface area contributed by atoms with E-state index in [0.717, 1.165) is 44.0 Å². The van der Waals surface area contributed by atoms with Crippen LogP contribution in [0.1, 0.15) is 19.8 Å². The normalized spacial score (nSPS) is 15.7. The summed E-state index contributed by atoms with van der Waals surface area (Å²) in [5.41, 5.74) is 6.74. The van der Waals surface area contributed by atoms with Crippen LogP contribution in [0, 0.1) is 0 Å². The summed E-state index contributed by atoms with van der Waals surface area (Å²) in [5, 5.41) is 9.62. The average Bonchev–Trinajstić information content (AvgIpc) is 2.66. The minimum atomic E-state index is 0.422. The first-order valence-electron chi connectivity index (χ1n) is 7.21. The maximum absolute atomic E-state index is 5.89. The minimum absolute atomic E-state index is 0.422. The van der Waals surface area contributed by atoms with Crippen molar-refractivity contribution in [2.45, 2.75) is 19.8 Å². The molecule has 0 aliphatic carbocycles. The number of nitrogens with zero attached hydrogens (tertiary/aromatic N) is 3. The average molecular weight is 277 g/mol. The van der Waals surface area contributed by atoms with Crippen molar-refractivity contribution >= 4 is 5.84 Å². The molecule has 20 heavy (non-hydrogen) atoms. The molecule has 0 atom stereocenters. The summed E-state index contributed by atoms with van der Waals surface area (Å²) in [6.07, 6.45) is 10.0. The van der Waals surface area contributed by atoms with Crippen LogP contribution >= 0.6 is 0 Å². The summed E-state index contributed by atoms with van der Waals surface area (Å²) < 4.78 is 0. The van der Waals surface area contributed by atoms with E-state index in [4.69, 9.17) is 5.73 Å². The van der Waals surface area contributed by atoms with E-state index in [0.29, 0.717) is 6.54 Å². The van der Waals surface area contributed by atoms with Gasteiger partial charge in [-0.15, -0.1) is 0 Å². The second-order valence-corrected chi connectivity index (χ2v) is 4.67. The quantitative estimate of drug-likeness (QED) is 0.547. The van der Waals surface area contributed by atoms with Crippen LogP contribution in [0.5, 0.6) is 0 Å². The molecule has 0 saturated heterocycles. The number of hydrogen-bond acceptors (Lipinski definition) is 4. The van der Waals surface area contributed by atoms with Crippen molar-refractivity contribution < 1.29 is 0 Å². The maximum Gasteiger partial charge on any atom is 0.139 e. The van der Waals surface area contributed by atoms with E-state index in [1.807, 2.05) is 19.3 Å². The van der Waals surface area contributed by atoms with Gasteiger partial charge >= 0.3 is 0 Å². The van der Waals surface area contributed by atoms with Crippen LogP contribution in [-0.2, 0) is 0 Å². The van der Waals surface area contributed by atoms with Crippen LogP contribution in [0.4, 0.5) is 0 Å². The molecule has 1 heterocycles. The standard InChI is InChI=1S/C15H27N5/c1-4-10-19(12-9-17-3)15(13-16)18-20-11-7-5-6-8-14(20)2/h6-8,11,17H,2,4-5,9-10,12-13,16H2,1,3H3/b18-15+. The molecule has 0 radical (unpaired) electrons. The lowest BCUT2D eigenvalue weighted by Crippen LogP contribution is -2.41. The van der Waals surface area contributed by atoms with Gasteiger partial charge in [-0.3, -0.25) is 0 Å². The van der Waals surface area contributed by atoms with E-state index < -0.39 is 0 Å². The highest BCUT2D eigenvalue weighted by molar-refractivity contribution is 5.84. The lowest BCUT2D eigenvalue weighted by Gasteiger charge is -2.27. The summed E-state index contributed by atoms with van der Waals surface area (Å²) in [6.45, 7) is 9.37. The highest BCUT2D eigenvalue weighted by Gasteiger charge is 2.11. The molecule has 0 spiro atoms. The van der Waals surface area contributed by atoms with Crippen LogP contribution in [0.3, 0.4) is 0 Å². The van der Waals surface area contributed by atoms with Crippen LogP contribution in [0.2, 0.25) is 0 Å². The van der Waals surface area contributed by atoms with Gasteiger partial charge in [-0.25, -0.2) is 5.01 Å². The van der Waals surface area contributed by atoms with Gasteiger partial charge in [0.25, 0.3) is 0 Å². The summed E-state index contributed by atoms with van der Waals surface area (Å²) in [5.74, 6) is 0.892. The van der Waals surface area contributed by atoms with Gasteiger partial charge in [-0.05, 0) is 26.0 Å². The van der Waals surface area contributed by atoms with Crippen LogP contribution < -0.4 is 11.1 Å². The monoisotopic (exact) mass is 277 g/mol. The molecule has 0 saturated carbocycles. The number of hydrogen-bond donors (Lipinski definition) is 2. The fourth-order valence-electron chi connectivity index (χ4n) is 1.96. The molecular weight excluding hydrogens is 250 g/mol. The Kier molecular flexibility index (Phi) is 7.69. The number of nitrogens with two attached hydrogens (primary N) is 1. The molecule has 1 aliphatic rings. The van der Waals surface area contributed by atoms with Gasteiger partial charge in [0.05, 0.1) is 12.2 Å². The fraction of sp³-hybridized carbons (Fsp3) is 0.533. The van der Waals surface area contributed by atoms with Gasteiger partial charge in [0.1, 0.15) is 5.84 Å². The molecule has 0 aromatic rings. The van der Waals surface area contributed by atoms with Gasteiger partial charge in [-0.2, -0.15) is 5.10 Å². The van der Waals surface area contributed by atoms with Crippen molar-refractivity contribution in [2.75, 3.05) is 33.2 Å². The van der Waals surface area contributed by atoms with Gasteiger partial charge in [0, 0.05) is 25.8 Å². The number of allylic oxidation sites excluding steroid dienone is 3. The highest BCUT2D eigenvalue weighted by atomic mass is 15.5. The molecule has 0 unspecified atom stereocenters. The number of likely N-dealkylation sites (N-methyl/N-ethyl adjacent to an activating group) is 1. The molecule has 1 rings (SSSR count). The highest BCUT2D eigenvalue weighted by Crippen LogP contribution is 2.11. The fourth-order valence-corrected chi connectivity index (χ4v) is 1.96. The minimum Gasteiger partial charge on any atom is -0.356 e. The maximum atomic E-state index is 5.89. The van der Waals surface area contributed by atoms with Crippen molar-refractivity contribution in [3.63, 3.8) is 0 Å². The molecule has 0 amide bonds. The van der Waals surface area contributed by atoms with Crippen molar-refractivity contribution in [3.05, 3.63) is 36.7 Å². The zero-order valence-corrected chi connectivity index (χ0v) is 12.7. The molecule has 112 valence electrons. The van der Waals surface area contributed by atoms with E-state index in [-0.39, 0.29) is 0 Å². The molecule has 1 aliphatic heterocycles. The van der Waals surface area contributed by atoms with Crippen molar-refractivity contribution in [1.82, 2.24) is 15.2 Å². The second-order valence-electron chi connectivity index (χ2n) is 4.67. The Morgan fingerprint density at radius 2 is 2.30 bits per heavy atom. The second kappa shape index (κ2) is 9.34. The third kappa shape index (κ3) is 5.19. The van der Waals surface area contributed by atoms with Crippen LogP contribution in [-0.4, -0.2) is 49.0 Å². The topological polar surface area (TPSA) is 56.9 Å². The Bertz CT molecular complexity index is 384. The molecule has 0 aromatic heterocycles. The van der Waals surface area contributed by atoms with Crippen LogP contribution in [0.15, 0.2) is 41.8 Å². The van der Waals surface area contributed by atoms with Gasteiger partial charge in [0.2, 0.25) is 0 Å². The first-order chi connectivity index (χ1) is 9.72. The number of rotatable bonds is 7. The third-order valence-electron chi connectivity index (χ3n) is 3.02. The van der Waals surface area contributed by atoms with E-state index in [2.05, 4.69) is 41.0 Å². The van der Waals surface area contributed by atoms with Gasteiger partial charge < -0.3 is 16.0 Å². The predicted octanol–water partition coefficient (Wildman–Crippen LogP) is 1.48. The molecule has 5 heteroatoms. The molecular formula is C15H27N5. The Morgan fingerprint density at radius 3 is 2.95 bits per heavy atom. The lowest BCUT2D eigenvalue weighted by atomic mass is 10.3. The Labute approximate surface area is 122 Å². The first kappa shape index (κ1) is 16.5. The van der Waals surface area contributed by atoms with Crippen LogP contribution in [0.25, 0.3) is 0 Å². The van der Waals surface area contributed by atoms with E-state index in [1.165, 1.54) is 0 Å². The third-order valence-corrected chi connectivity index (χ3v) is 3.02. The molecule has 0 fully saturated rings. The first-order valence-corrected chi connectivity index (χ1v) is 7.21. The summed E-state index contributed by atoms with van der Waals surface area (Å²) in [4.78, 5) is 2.23. The van der Waals surface area contributed by atoms with Gasteiger partial charge in [0.15, 0.2) is 0 Å². The Hall–Kier alpha value is -1.59. The number of nitrogens with one attached hydrogen (secondary N) is 1. The summed E-state index contributed by atoms with van der Waals surface area (Å²) in [7, 11) is 1.95. The number of hydrazone groups is 1. The smallest absolute Gasteiger partial charge is 0.139 e. The lowest BCUT2D eigenvalue weighted by molar-refractivity contribution is 0.393. The molecule has 3 N–H and O–H groups in total. The van der Waals surface area contributed by atoms with Crippen molar-refractivity contribution in [1.29, 1.82) is 0 Å². The summed E-state index contributed by atoms with van der Waals surface area (Å²) in [6, 6.07) is 0. The zero-order valence-electron chi connectivity index (χ0n) is 12.7. The molecule has 5 nitrogen and oxygen atoms in total. The SMILES string of the molecule is C=C1C=CCC=CN1/N=C(\CN)N(CCC)CCNC. The predicted molar refractivity (Wildman–Crippen MR) is 86.2 cm³/mol. The Balaban J connectivity index is 2.86. The molecule has 0 bridgehead atoms. The van der Waals surface area contributed by atoms with Crippen molar-refractivity contribution in [3.8, 4) is 0 Å². The number of amidine groups is 1. The largest absolute Gasteiger partial charge is 0.356 e. The Morgan fingerprint density at radius 1 is 1.50 bits per heavy atom. The van der Waals surface area contributed by atoms with Crippen molar-refractivity contribution in [2.24, 2.45) is 10.8 Å². The zero-order chi connectivity index (χ0) is 14.8. The van der Waals surface area contributed by atoms with E-state index >= 15 is 0 Å². The van der Waals surface area contributed by atoms with Gasteiger partial charge in [-0.1, -0.05) is 25.7 Å². The molecule has 0 aromatic carbocycles. The van der Waals surface area contributed by atoms with E-state index in [9.17, 15) is 0 Å². The van der Waals surface area contributed by atoms with E-state index in [1.54, 1.807) is 5.01 Å².